The number of aliphatic carboxylic acids is 1. The third-order valence-electron chi connectivity index (χ3n) is 5.12. The molecular formula is C24H28F3NO4. The number of carboxylic acids is 1. The van der Waals surface area contributed by atoms with Crippen LogP contribution in [-0.4, -0.2) is 23.6 Å². The van der Waals surface area contributed by atoms with Crippen LogP contribution in [0.25, 0.3) is 0 Å². The van der Waals surface area contributed by atoms with Crippen LogP contribution in [-0.2, 0) is 23.9 Å². The van der Waals surface area contributed by atoms with Crippen LogP contribution in [0.5, 0.6) is 5.75 Å². The van der Waals surface area contributed by atoms with Crippen molar-refractivity contribution in [1.29, 1.82) is 0 Å². The molecule has 0 saturated heterocycles. The number of nitrogens with one attached hydrogen (secondary N) is 1. The molecule has 0 aliphatic heterocycles. The Morgan fingerprint density at radius 2 is 1.78 bits per heavy atom. The van der Waals surface area contributed by atoms with E-state index in [-0.39, 0.29) is 12.1 Å². The zero-order valence-electron chi connectivity index (χ0n) is 18.2. The highest BCUT2D eigenvalue weighted by Gasteiger charge is 2.30. The Bertz CT molecular complexity index is 910. The average Bonchev–Trinajstić information content (AvgIpc) is 2.76. The van der Waals surface area contributed by atoms with Crippen LogP contribution < -0.4 is 10.1 Å². The Morgan fingerprint density at radius 3 is 2.34 bits per heavy atom. The Labute approximate surface area is 185 Å². The molecule has 1 atom stereocenters. The maximum absolute atomic E-state index is 12.7. The molecule has 2 aromatic rings. The zero-order chi connectivity index (χ0) is 23.7. The minimum atomic E-state index is -4.47. The van der Waals surface area contributed by atoms with Gasteiger partial charge in [-0.25, -0.2) is 0 Å². The number of unbranched alkanes of at least 4 members (excludes halogenated alkanes) is 1. The van der Waals surface area contributed by atoms with E-state index in [9.17, 15) is 27.9 Å². The van der Waals surface area contributed by atoms with E-state index in [1.807, 2.05) is 19.9 Å². The van der Waals surface area contributed by atoms with Crippen molar-refractivity contribution in [3.8, 4) is 5.75 Å². The van der Waals surface area contributed by atoms with Gasteiger partial charge in [0.1, 0.15) is 5.75 Å². The number of carbonyl (C=O) groups is 2. The first-order valence-corrected chi connectivity index (χ1v) is 10.6. The van der Waals surface area contributed by atoms with Crippen LogP contribution in [0, 0.1) is 5.92 Å². The number of carbonyl (C=O) groups excluding carboxylic acids is 1. The highest BCUT2D eigenvalue weighted by molar-refractivity contribution is 5.94. The summed E-state index contributed by atoms with van der Waals surface area (Å²) in [6, 6.07) is 9.38. The van der Waals surface area contributed by atoms with Crippen LogP contribution >= 0.6 is 0 Å². The Hall–Kier alpha value is -3.03. The highest BCUT2D eigenvalue weighted by atomic mass is 19.4. The summed E-state index contributed by atoms with van der Waals surface area (Å²) in [6.45, 7) is 4.45. The van der Waals surface area contributed by atoms with Crippen molar-refractivity contribution < 1.29 is 32.6 Å². The summed E-state index contributed by atoms with van der Waals surface area (Å²) in [4.78, 5) is 23.8. The summed E-state index contributed by atoms with van der Waals surface area (Å²) in [7, 11) is 0. The number of hydrogen-bond acceptors (Lipinski definition) is 3. The van der Waals surface area contributed by atoms with Gasteiger partial charge in [0.2, 0.25) is 0 Å². The molecule has 2 rings (SSSR count). The second-order valence-electron chi connectivity index (χ2n) is 7.55. The standard InChI is InChI=1S/C24H28F3NO4/c1-3-5-12-32-21-11-6-16(13-17(4-2)23(30)31)14-19(21)15-28-22(29)18-7-9-20(10-8-18)24(25,26)27/h6-11,14,17H,3-5,12-13,15H2,1-2H3,(H,28,29)(H,30,31). The predicted octanol–water partition coefficient (Wildman–Crippen LogP) is 5.47. The molecule has 5 nitrogen and oxygen atoms in total. The molecule has 2 aromatic carbocycles. The first-order chi connectivity index (χ1) is 15.2. The quantitative estimate of drug-likeness (QED) is 0.445. The van der Waals surface area contributed by atoms with E-state index in [2.05, 4.69) is 5.32 Å². The lowest BCUT2D eigenvalue weighted by molar-refractivity contribution is -0.141. The number of amides is 1. The lowest BCUT2D eigenvalue weighted by Crippen LogP contribution is -2.23. The van der Waals surface area contributed by atoms with Gasteiger partial charge < -0.3 is 15.2 Å². The fourth-order valence-corrected chi connectivity index (χ4v) is 3.14. The third-order valence-corrected chi connectivity index (χ3v) is 5.12. The van der Waals surface area contributed by atoms with Crippen LogP contribution in [0.3, 0.4) is 0 Å². The highest BCUT2D eigenvalue weighted by Crippen LogP contribution is 2.29. The van der Waals surface area contributed by atoms with Crippen molar-refractivity contribution >= 4 is 11.9 Å². The molecular weight excluding hydrogens is 423 g/mol. The van der Waals surface area contributed by atoms with Gasteiger partial charge in [0.25, 0.3) is 5.91 Å². The predicted molar refractivity (Wildman–Crippen MR) is 115 cm³/mol. The Morgan fingerprint density at radius 1 is 1.09 bits per heavy atom. The van der Waals surface area contributed by atoms with Gasteiger partial charge in [-0.3, -0.25) is 9.59 Å². The molecule has 1 amide bonds. The molecule has 0 aliphatic rings. The molecule has 174 valence electrons. The molecule has 8 heteroatoms. The molecule has 32 heavy (non-hydrogen) atoms. The first kappa shape index (κ1) is 25.2. The summed E-state index contributed by atoms with van der Waals surface area (Å²) in [6.07, 6.45) is -1.82. The lowest BCUT2D eigenvalue weighted by Gasteiger charge is -2.16. The number of halogens is 3. The van der Waals surface area contributed by atoms with Crippen LogP contribution in [0.1, 0.15) is 60.2 Å². The fourth-order valence-electron chi connectivity index (χ4n) is 3.14. The molecule has 0 heterocycles. The van der Waals surface area contributed by atoms with Gasteiger partial charge in [-0.2, -0.15) is 13.2 Å². The van der Waals surface area contributed by atoms with Crippen molar-refractivity contribution in [2.45, 2.75) is 52.3 Å². The summed E-state index contributed by atoms with van der Waals surface area (Å²) in [5, 5.41) is 12.0. The van der Waals surface area contributed by atoms with Crippen LogP contribution in [0.2, 0.25) is 0 Å². The SMILES string of the molecule is CCCCOc1ccc(CC(CC)C(=O)O)cc1CNC(=O)c1ccc(C(F)(F)F)cc1. The third kappa shape index (κ3) is 7.28. The van der Waals surface area contributed by atoms with Crippen molar-refractivity contribution in [1.82, 2.24) is 5.32 Å². The van der Waals surface area contributed by atoms with Crippen LogP contribution in [0.4, 0.5) is 13.2 Å². The maximum atomic E-state index is 12.7. The number of ether oxygens (including phenoxy) is 1. The van der Waals surface area contributed by atoms with E-state index < -0.39 is 29.5 Å². The molecule has 0 aromatic heterocycles. The summed E-state index contributed by atoms with van der Waals surface area (Å²) < 4.78 is 44.0. The lowest BCUT2D eigenvalue weighted by atomic mass is 9.95. The van der Waals surface area contributed by atoms with Gasteiger partial charge in [0.15, 0.2) is 0 Å². The van der Waals surface area contributed by atoms with Crippen molar-refractivity contribution in [3.63, 3.8) is 0 Å². The summed E-state index contributed by atoms with van der Waals surface area (Å²) in [5.74, 6) is -1.32. The van der Waals surface area contributed by atoms with E-state index in [0.29, 0.717) is 30.8 Å². The van der Waals surface area contributed by atoms with Crippen LogP contribution in [0.15, 0.2) is 42.5 Å². The van der Waals surface area contributed by atoms with Crippen molar-refractivity contribution in [2.24, 2.45) is 5.92 Å². The second-order valence-corrected chi connectivity index (χ2v) is 7.55. The van der Waals surface area contributed by atoms with Gasteiger partial charge in [0, 0.05) is 17.7 Å². The van der Waals surface area contributed by atoms with E-state index in [0.717, 1.165) is 42.7 Å². The normalized spacial score (nSPS) is 12.3. The minimum absolute atomic E-state index is 0.0962. The van der Waals surface area contributed by atoms with Crippen molar-refractivity contribution in [3.05, 3.63) is 64.7 Å². The molecule has 0 aliphatic carbocycles. The van der Waals surface area contributed by atoms with Gasteiger partial charge in [-0.05, 0) is 55.2 Å². The smallest absolute Gasteiger partial charge is 0.416 e. The average molecular weight is 451 g/mol. The van der Waals surface area contributed by atoms with Crippen molar-refractivity contribution in [2.75, 3.05) is 6.61 Å². The van der Waals surface area contributed by atoms with Gasteiger partial charge >= 0.3 is 12.1 Å². The topological polar surface area (TPSA) is 75.6 Å². The molecule has 0 spiro atoms. The number of carboxylic acid groups (broad SMARTS) is 1. The van der Waals surface area contributed by atoms with Gasteiger partial charge in [-0.15, -0.1) is 0 Å². The molecule has 0 saturated carbocycles. The van der Waals surface area contributed by atoms with E-state index in [4.69, 9.17) is 4.74 Å². The molecule has 0 bridgehead atoms. The summed E-state index contributed by atoms with van der Waals surface area (Å²) in [5.41, 5.74) is 0.775. The number of hydrogen-bond donors (Lipinski definition) is 2. The number of benzene rings is 2. The van der Waals surface area contributed by atoms with Gasteiger partial charge in [0.05, 0.1) is 18.1 Å². The Kier molecular flexibility index (Phi) is 9.11. The molecule has 0 radical (unpaired) electrons. The molecule has 0 fully saturated rings. The fraction of sp³-hybridized carbons (Fsp3) is 0.417. The zero-order valence-corrected chi connectivity index (χ0v) is 18.2. The number of rotatable bonds is 11. The minimum Gasteiger partial charge on any atom is -0.493 e. The number of alkyl halides is 3. The first-order valence-electron chi connectivity index (χ1n) is 10.6. The van der Waals surface area contributed by atoms with Gasteiger partial charge in [-0.1, -0.05) is 32.4 Å². The van der Waals surface area contributed by atoms with E-state index in [1.165, 1.54) is 0 Å². The Balaban J connectivity index is 2.16. The largest absolute Gasteiger partial charge is 0.493 e. The molecule has 1 unspecified atom stereocenters. The second kappa shape index (κ2) is 11.5. The maximum Gasteiger partial charge on any atom is 0.416 e. The summed E-state index contributed by atoms with van der Waals surface area (Å²) >= 11 is 0. The van der Waals surface area contributed by atoms with E-state index in [1.54, 1.807) is 12.1 Å². The molecule has 2 N–H and O–H groups in total. The monoisotopic (exact) mass is 451 g/mol. The van der Waals surface area contributed by atoms with E-state index >= 15 is 0 Å².